The van der Waals surface area contributed by atoms with Crippen molar-refractivity contribution in [2.45, 2.75) is 24.3 Å². The molecule has 0 aromatic heterocycles. The van der Waals surface area contributed by atoms with Crippen LogP contribution in [0.2, 0.25) is 0 Å². The van der Waals surface area contributed by atoms with Crippen molar-refractivity contribution in [3.63, 3.8) is 0 Å². The average molecular weight is 471 g/mol. The zero-order chi connectivity index (χ0) is 23.4. The number of rotatable bonds is 6. The quantitative estimate of drug-likeness (QED) is 0.561. The number of fused-ring (bicyclic) bond motifs is 1. The molecule has 172 valence electrons. The van der Waals surface area contributed by atoms with Gasteiger partial charge in [-0.25, -0.2) is 12.8 Å². The number of nitrogens with one attached hydrogen (secondary N) is 2. The molecule has 1 aliphatic heterocycles. The van der Waals surface area contributed by atoms with Gasteiger partial charge in [-0.2, -0.15) is 0 Å². The highest BCUT2D eigenvalue weighted by Gasteiger charge is 2.17. The van der Waals surface area contributed by atoms with Crippen LogP contribution >= 0.6 is 0 Å². The Morgan fingerprint density at radius 2 is 1.61 bits per heavy atom. The number of anilines is 1. The summed E-state index contributed by atoms with van der Waals surface area (Å²) in [5.41, 5.74) is 1.53. The lowest BCUT2D eigenvalue weighted by Crippen LogP contribution is -2.26. The van der Waals surface area contributed by atoms with Gasteiger partial charge in [0.15, 0.2) is 11.5 Å². The molecule has 7 nitrogen and oxygen atoms in total. The number of sulfonamides is 1. The minimum atomic E-state index is -3.87. The Labute approximate surface area is 191 Å². The van der Waals surface area contributed by atoms with Gasteiger partial charge in [0.25, 0.3) is 15.9 Å². The van der Waals surface area contributed by atoms with Gasteiger partial charge in [-0.15, -0.1) is 0 Å². The first-order valence-corrected chi connectivity index (χ1v) is 11.9. The van der Waals surface area contributed by atoms with E-state index in [1.807, 2.05) is 25.1 Å². The molecule has 1 atom stereocenters. The number of amides is 1. The smallest absolute Gasteiger partial charge is 0.261 e. The van der Waals surface area contributed by atoms with Gasteiger partial charge < -0.3 is 14.8 Å². The summed E-state index contributed by atoms with van der Waals surface area (Å²) in [4.78, 5) is 12.6. The molecule has 1 unspecified atom stereocenters. The third-order valence-corrected chi connectivity index (χ3v) is 6.54. The number of hydrogen-bond acceptors (Lipinski definition) is 5. The Bertz CT molecular complexity index is 1240. The van der Waals surface area contributed by atoms with Gasteiger partial charge in [0.05, 0.1) is 24.2 Å². The SMILES string of the molecule is CC(NC(=O)c1ccc(NS(=O)(=O)c2ccc(F)cc2)cc1)c1ccc2c(c1)OCCCO2. The minimum absolute atomic E-state index is 0.0605. The lowest BCUT2D eigenvalue weighted by Gasteiger charge is -2.17. The fourth-order valence-electron chi connectivity index (χ4n) is 3.33. The Balaban J connectivity index is 1.41. The highest BCUT2D eigenvalue weighted by atomic mass is 32.2. The zero-order valence-corrected chi connectivity index (χ0v) is 18.7. The van der Waals surface area contributed by atoms with Gasteiger partial charge in [-0.3, -0.25) is 9.52 Å². The molecule has 1 heterocycles. The standard InChI is InChI=1S/C24H23FN2O5S/c1-16(18-5-12-22-23(15-18)32-14-2-13-31-22)26-24(28)17-3-8-20(9-4-17)27-33(29,30)21-10-6-19(25)7-11-21/h3-12,15-16,27H,2,13-14H2,1H3,(H,26,28). The molecule has 3 aromatic rings. The Hall–Kier alpha value is -3.59. The van der Waals surface area contributed by atoms with Crippen molar-refractivity contribution < 1.29 is 27.1 Å². The second-order valence-corrected chi connectivity index (χ2v) is 9.27. The summed E-state index contributed by atoms with van der Waals surface area (Å²) in [6.07, 6.45) is 0.812. The number of carbonyl (C=O) groups excluding carboxylic acids is 1. The van der Waals surface area contributed by atoms with Crippen LogP contribution in [0.1, 0.15) is 35.3 Å². The molecular formula is C24H23FN2O5S. The van der Waals surface area contributed by atoms with Crippen molar-refractivity contribution in [3.05, 3.63) is 83.7 Å². The van der Waals surface area contributed by atoms with Gasteiger partial charge in [-0.1, -0.05) is 6.07 Å². The fourth-order valence-corrected chi connectivity index (χ4v) is 4.39. The van der Waals surface area contributed by atoms with Gasteiger partial charge in [0.2, 0.25) is 0 Å². The van der Waals surface area contributed by atoms with E-state index in [4.69, 9.17) is 9.47 Å². The van der Waals surface area contributed by atoms with Gasteiger partial charge in [0, 0.05) is 17.7 Å². The number of benzene rings is 3. The molecule has 0 radical (unpaired) electrons. The van der Waals surface area contributed by atoms with Gasteiger partial charge >= 0.3 is 0 Å². The molecule has 33 heavy (non-hydrogen) atoms. The van der Waals surface area contributed by atoms with E-state index in [0.717, 1.165) is 24.1 Å². The Morgan fingerprint density at radius 3 is 2.30 bits per heavy atom. The molecule has 0 saturated carbocycles. The molecular weight excluding hydrogens is 447 g/mol. The van der Waals surface area contributed by atoms with Crippen molar-refractivity contribution >= 4 is 21.6 Å². The lowest BCUT2D eigenvalue weighted by atomic mass is 10.1. The molecule has 2 N–H and O–H groups in total. The summed E-state index contributed by atoms with van der Waals surface area (Å²) in [5, 5.41) is 2.92. The molecule has 0 spiro atoms. The summed E-state index contributed by atoms with van der Waals surface area (Å²) in [7, 11) is -3.87. The Kier molecular flexibility index (Phi) is 6.50. The second kappa shape index (κ2) is 9.50. The van der Waals surface area contributed by atoms with E-state index in [1.54, 1.807) is 0 Å². The van der Waals surface area contributed by atoms with Gasteiger partial charge in [0.1, 0.15) is 5.82 Å². The van der Waals surface area contributed by atoms with Crippen LogP contribution in [0, 0.1) is 5.82 Å². The Morgan fingerprint density at radius 1 is 0.939 bits per heavy atom. The normalized spacial score (nSPS) is 14.1. The summed E-state index contributed by atoms with van der Waals surface area (Å²) in [5.74, 6) is 0.519. The monoisotopic (exact) mass is 470 g/mol. The van der Waals surface area contributed by atoms with E-state index in [1.165, 1.54) is 36.4 Å². The van der Waals surface area contributed by atoms with Crippen LogP contribution in [0.25, 0.3) is 0 Å². The maximum atomic E-state index is 13.0. The predicted molar refractivity (Wildman–Crippen MR) is 122 cm³/mol. The maximum Gasteiger partial charge on any atom is 0.261 e. The van der Waals surface area contributed by atoms with Crippen LogP contribution in [0.15, 0.2) is 71.6 Å². The van der Waals surface area contributed by atoms with Crippen LogP contribution in [0.5, 0.6) is 11.5 Å². The van der Waals surface area contributed by atoms with E-state index in [2.05, 4.69) is 10.0 Å². The van der Waals surface area contributed by atoms with Crippen LogP contribution in [-0.4, -0.2) is 27.5 Å². The molecule has 4 rings (SSSR count). The molecule has 0 bridgehead atoms. The first-order valence-electron chi connectivity index (χ1n) is 10.4. The molecule has 9 heteroatoms. The number of halogens is 1. The van der Waals surface area contributed by atoms with Crippen LogP contribution in [0.4, 0.5) is 10.1 Å². The minimum Gasteiger partial charge on any atom is -0.490 e. The topological polar surface area (TPSA) is 93.7 Å². The van der Waals surface area contributed by atoms with Crippen molar-refractivity contribution in [2.75, 3.05) is 17.9 Å². The van der Waals surface area contributed by atoms with E-state index in [-0.39, 0.29) is 22.5 Å². The van der Waals surface area contributed by atoms with Crippen LogP contribution in [0.3, 0.4) is 0 Å². The summed E-state index contributed by atoms with van der Waals surface area (Å²) < 4.78 is 51.7. The number of carbonyl (C=O) groups is 1. The van der Waals surface area contributed by atoms with Crippen LogP contribution < -0.4 is 19.5 Å². The number of hydrogen-bond donors (Lipinski definition) is 2. The average Bonchev–Trinajstić information content (AvgIpc) is 3.04. The van der Waals surface area contributed by atoms with Crippen molar-refractivity contribution in [1.29, 1.82) is 0 Å². The zero-order valence-electron chi connectivity index (χ0n) is 17.9. The largest absolute Gasteiger partial charge is 0.490 e. The van der Waals surface area contributed by atoms with E-state index >= 15 is 0 Å². The summed E-state index contributed by atoms with van der Waals surface area (Å²) in [6.45, 7) is 3.05. The molecule has 1 aliphatic rings. The summed E-state index contributed by atoms with van der Waals surface area (Å²) >= 11 is 0. The van der Waals surface area contributed by atoms with Gasteiger partial charge in [-0.05, 0) is 73.2 Å². The molecule has 3 aromatic carbocycles. The van der Waals surface area contributed by atoms with Crippen molar-refractivity contribution in [3.8, 4) is 11.5 Å². The summed E-state index contributed by atoms with van der Waals surface area (Å²) in [6, 6.07) is 15.8. The first-order chi connectivity index (χ1) is 15.8. The van der Waals surface area contributed by atoms with Crippen molar-refractivity contribution in [1.82, 2.24) is 5.32 Å². The molecule has 0 aliphatic carbocycles. The predicted octanol–water partition coefficient (Wildman–Crippen LogP) is 4.28. The van der Waals surface area contributed by atoms with Crippen LogP contribution in [-0.2, 0) is 10.0 Å². The third-order valence-electron chi connectivity index (χ3n) is 5.14. The van der Waals surface area contributed by atoms with E-state index in [9.17, 15) is 17.6 Å². The second-order valence-electron chi connectivity index (χ2n) is 7.59. The number of ether oxygens (including phenoxy) is 2. The third kappa shape index (κ3) is 5.43. The molecule has 0 saturated heterocycles. The van der Waals surface area contributed by atoms with E-state index in [0.29, 0.717) is 30.3 Å². The fraction of sp³-hybridized carbons (Fsp3) is 0.208. The lowest BCUT2D eigenvalue weighted by molar-refractivity contribution is 0.0940. The van der Waals surface area contributed by atoms with E-state index < -0.39 is 15.8 Å². The highest BCUT2D eigenvalue weighted by Crippen LogP contribution is 2.32. The van der Waals surface area contributed by atoms with Crippen molar-refractivity contribution in [2.24, 2.45) is 0 Å². The first kappa shape index (κ1) is 22.6. The highest BCUT2D eigenvalue weighted by molar-refractivity contribution is 7.92. The maximum absolute atomic E-state index is 13.0. The molecule has 1 amide bonds. The molecule has 0 fully saturated rings.